The standard InChI is InChI=1S/C15H18BrNO/c1-3-17-15(10-13-5-4-8-18-13)14-9-12(16)7-6-11(14)2/h4-9,15,17H,3,10H2,1-2H3. The highest BCUT2D eigenvalue weighted by Crippen LogP contribution is 2.25. The van der Waals surface area contributed by atoms with Crippen molar-refractivity contribution in [2.75, 3.05) is 6.54 Å². The summed E-state index contributed by atoms with van der Waals surface area (Å²) in [6.45, 7) is 5.22. The first-order valence-corrected chi connectivity index (χ1v) is 7.01. The van der Waals surface area contributed by atoms with E-state index in [-0.39, 0.29) is 0 Å². The van der Waals surface area contributed by atoms with Crippen LogP contribution in [0.25, 0.3) is 0 Å². The normalized spacial score (nSPS) is 12.6. The molecular weight excluding hydrogens is 290 g/mol. The third-order valence-electron chi connectivity index (χ3n) is 3.05. The molecule has 1 aromatic heterocycles. The van der Waals surface area contributed by atoms with Gasteiger partial charge in [0, 0.05) is 16.9 Å². The number of hydrogen-bond acceptors (Lipinski definition) is 2. The fourth-order valence-corrected chi connectivity index (χ4v) is 2.53. The van der Waals surface area contributed by atoms with Crippen LogP contribution in [0.4, 0.5) is 0 Å². The SMILES string of the molecule is CCNC(Cc1ccco1)c1cc(Br)ccc1C. The number of aryl methyl sites for hydroxylation is 1. The lowest BCUT2D eigenvalue weighted by atomic mass is 9.98. The van der Waals surface area contributed by atoms with Crippen molar-refractivity contribution in [1.29, 1.82) is 0 Å². The summed E-state index contributed by atoms with van der Waals surface area (Å²) in [6.07, 6.45) is 2.60. The minimum Gasteiger partial charge on any atom is -0.469 e. The molecule has 2 nitrogen and oxygen atoms in total. The summed E-state index contributed by atoms with van der Waals surface area (Å²) in [4.78, 5) is 0. The van der Waals surface area contributed by atoms with Crippen molar-refractivity contribution in [3.63, 3.8) is 0 Å². The smallest absolute Gasteiger partial charge is 0.105 e. The second-order valence-corrected chi connectivity index (χ2v) is 5.31. The number of furan rings is 1. The summed E-state index contributed by atoms with van der Waals surface area (Å²) in [5.41, 5.74) is 2.62. The number of likely N-dealkylation sites (N-methyl/N-ethyl adjacent to an activating group) is 1. The average molecular weight is 308 g/mol. The van der Waals surface area contributed by atoms with E-state index in [4.69, 9.17) is 4.42 Å². The third kappa shape index (κ3) is 3.24. The Morgan fingerprint density at radius 1 is 1.33 bits per heavy atom. The zero-order chi connectivity index (χ0) is 13.0. The van der Waals surface area contributed by atoms with Crippen LogP contribution in [0.2, 0.25) is 0 Å². The molecule has 0 aliphatic rings. The number of benzene rings is 1. The number of halogens is 1. The van der Waals surface area contributed by atoms with Gasteiger partial charge in [-0.25, -0.2) is 0 Å². The highest BCUT2D eigenvalue weighted by molar-refractivity contribution is 9.10. The van der Waals surface area contributed by atoms with Crippen molar-refractivity contribution in [1.82, 2.24) is 5.32 Å². The Morgan fingerprint density at radius 2 is 2.17 bits per heavy atom. The molecule has 0 aliphatic carbocycles. The lowest BCUT2D eigenvalue weighted by Gasteiger charge is -2.19. The number of nitrogens with one attached hydrogen (secondary N) is 1. The van der Waals surface area contributed by atoms with Gasteiger partial charge >= 0.3 is 0 Å². The Kier molecular flexibility index (Phi) is 4.61. The summed E-state index contributed by atoms with van der Waals surface area (Å²) in [6, 6.07) is 10.7. The van der Waals surface area contributed by atoms with Gasteiger partial charge in [0.05, 0.1) is 6.26 Å². The lowest BCUT2D eigenvalue weighted by molar-refractivity contribution is 0.454. The Morgan fingerprint density at radius 3 is 2.83 bits per heavy atom. The molecule has 1 heterocycles. The maximum absolute atomic E-state index is 5.45. The molecule has 0 spiro atoms. The van der Waals surface area contributed by atoms with Crippen LogP contribution in [-0.4, -0.2) is 6.54 Å². The van der Waals surface area contributed by atoms with Gasteiger partial charge in [0.1, 0.15) is 5.76 Å². The second kappa shape index (κ2) is 6.21. The molecule has 0 aliphatic heterocycles. The van der Waals surface area contributed by atoms with Gasteiger partial charge in [-0.1, -0.05) is 28.9 Å². The molecule has 0 saturated carbocycles. The van der Waals surface area contributed by atoms with Gasteiger partial charge in [-0.05, 0) is 48.9 Å². The van der Waals surface area contributed by atoms with E-state index in [2.05, 4.69) is 53.3 Å². The van der Waals surface area contributed by atoms with Gasteiger partial charge < -0.3 is 9.73 Å². The third-order valence-corrected chi connectivity index (χ3v) is 3.55. The van der Waals surface area contributed by atoms with Crippen LogP contribution in [-0.2, 0) is 6.42 Å². The molecule has 0 bridgehead atoms. The van der Waals surface area contributed by atoms with Gasteiger partial charge in [0.25, 0.3) is 0 Å². The van der Waals surface area contributed by atoms with Crippen molar-refractivity contribution in [3.8, 4) is 0 Å². The summed E-state index contributed by atoms with van der Waals surface area (Å²) in [7, 11) is 0. The van der Waals surface area contributed by atoms with Gasteiger partial charge in [-0.15, -0.1) is 0 Å². The van der Waals surface area contributed by atoms with Crippen molar-refractivity contribution >= 4 is 15.9 Å². The van der Waals surface area contributed by atoms with Crippen LogP contribution in [0.3, 0.4) is 0 Å². The van der Waals surface area contributed by atoms with Crippen LogP contribution >= 0.6 is 15.9 Å². The van der Waals surface area contributed by atoms with E-state index in [0.29, 0.717) is 6.04 Å². The van der Waals surface area contributed by atoms with E-state index in [1.54, 1.807) is 6.26 Å². The van der Waals surface area contributed by atoms with E-state index in [9.17, 15) is 0 Å². The van der Waals surface area contributed by atoms with Crippen LogP contribution in [0.1, 0.15) is 29.9 Å². The predicted molar refractivity (Wildman–Crippen MR) is 77.7 cm³/mol. The molecule has 3 heteroatoms. The minimum atomic E-state index is 0.290. The molecule has 1 atom stereocenters. The first kappa shape index (κ1) is 13.4. The molecule has 1 N–H and O–H groups in total. The molecule has 1 aromatic carbocycles. The number of hydrogen-bond donors (Lipinski definition) is 1. The first-order valence-electron chi connectivity index (χ1n) is 6.22. The molecule has 1 unspecified atom stereocenters. The monoisotopic (exact) mass is 307 g/mol. The Bertz CT molecular complexity index is 493. The van der Waals surface area contributed by atoms with E-state index in [1.165, 1.54) is 11.1 Å². The van der Waals surface area contributed by atoms with Gasteiger partial charge in [-0.3, -0.25) is 0 Å². The Hall–Kier alpha value is -1.06. The maximum atomic E-state index is 5.45. The van der Waals surface area contributed by atoms with E-state index < -0.39 is 0 Å². The molecule has 2 aromatic rings. The van der Waals surface area contributed by atoms with Gasteiger partial charge in [-0.2, -0.15) is 0 Å². The van der Waals surface area contributed by atoms with E-state index in [1.807, 2.05) is 12.1 Å². The highest BCUT2D eigenvalue weighted by Gasteiger charge is 2.15. The topological polar surface area (TPSA) is 25.2 Å². The van der Waals surface area contributed by atoms with E-state index in [0.717, 1.165) is 23.2 Å². The Balaban J connectivity index is 2.26. The van der Waals surface area contributed by atoms with Crippen LogP contribution in [0.5, 0.6) is 0 Å². The largest absolute Gasteiger partial charge is 0.469 e. The lowest BCUT2D eigenvalue weighted by Crippen LogP contribution is -2.23. The average Bonchev–Trinajstić information content (AvgIpc) is 2.85. The maximum Gasteiger partial charge on any atom is 0.105 e. The van der Waals surface area contributed by atoms with E-state index >= 15 is 0 Å². The van der Waals surface area contributed by atoms with Crippen LogP contribution < -0.4 is 5.32 Å². The fourth-order valence-electron chi connectivity index (χ4n) is 2.16. The zero-order valence-corrected chi connectivity index (χ0v) is 12.3. The first-order chi connectivity index (χ1) is 8.70. The fraction of sp³-hybridized carbons (Fsp3) is 0.333. The van der Waals surface area contributed by atoms with Crippen molar-refractivity contribution in [2.45, 2.75) is 26.3 Å². The highest BCUT2D eigenvalue weighted by atomic mass is 79.9. The van der Waals surface area contributed by atoms with Crippen LogP contribution in [0, 0.1) is 6.92 Å². The van der Waals surface area contributed by atoms with Crippen molar-refractivity contribution in [2.24, 2.45) is 0 Å². The molecule has 0 fully saturated rings. The molecule has 0 radical (unpaired) electrons. The molecule has 0 saturated heterocycles. The predicted octanol–water partition coefficient (Wildman–Crippen LogP) is 4.24. The van der Waals surface area contributed by atoms with Gasteiger partial charge in [0.15, 0.2) is 0 Å². The molecular formula is C15H18BrNO. The number of rotatable bonds is 5. The summed E-state index contributed by atoms with van der Waals surface area (Å²) in [5.74, 6) is 1.01. The molecule has 0 amide bonds. The van der Waals surface area contributed by atoms with Crippen molar-refractivity contribution < 1.29 is 4.42 Å². The van der Waals surface area contributed by atoms with Gasteiger partial charge in [0.2, 0.25) is 0 Å². The molecule has 18 heavy (non-hydrogen) atoms. The summed E-state index contributed by atoms with van der Waals surface area (Å²) >= 11 is 3.54. The second-order valence-electron chi connectivity index (χ2n) is 4.39. The van der Waals surface area contributed by atoms with Crippen molar-refractivity contribution in [3.05, 3.63) is 58.0 Å². The molecule has 96 valence electrons. The minimum absolute atomic E-state index is 0.290. The van der Waals surface area contributed by atoms with Crippen LogP contribution in [0.15, 0.2) is 45.5 Å². The molecule has 2 rings (SSSR count). The Labute approximate surface area is 117 Å². The summed E-state index contributed by atoms with van der Waals surface area (Å²) in [5, 5.41) is 3.52. The zero-order valence-electron chi connectivity index (χ0n) is 10.7. The summed E-state index contributed by atoms with van der Waals surface area (Å²) < 4.78 is 6.57. The quantitative estimate of drug-likeness (QED) is 0.893.